The number of hydrogen-bond donors (Lipinski definition) is 1. The van der Waals surface area contributed by atoms with Gasteiger partial charge in [0.15, 0.2) is 0 Å². The summed E-state index contributed by atoms with van der Waals surface area (Å²) in [4.78, 5) is 5.22. The lowest BCUT2D eigenvalue weighted by molar-refractivity contribution is -0.179. The second-order valence-corrected chi connectivity index (χ2v) is 4.83. The summed E-state index contributed by atoms with van der Waals surface area (Å²) in [7, 11) is 0. The van der Waals surface area contributed by atoms with Gasteiger partial charge < -0.3 is 9.94 Å². The lowest BCUT2D eigenvalue weighted by atomic mass is 9.85. The van der Waals surface area contributed by atoms with Crippen LogP contribution in [-0.4, -0.2) is 16.6 Å². The summed E-state index contributed by atoms with van der Waals surface area (Å²) in [5.41, 5.74) is 2.72. The summed E-state index contributed by atoms with van der Waals surface area (Å²) in [6, 6.07) is 19.6. The Hall–Kier alpha value is -2.13. The van der Waals surface area contributed by atoms with Crippen LogP contribution in [0.1, 0.15) is 24.0 Å². The van der Waals surface area contributed by atoms with Crippen LogP contribution in [0.2, 0.25) is 0 Å². The first-order valence-electron chi connectivity index (χ1n) is 6.27. The van der Waals surface area contributed by atoms with Gasteiger partial charge in [0, 0.05) is 12.5 Å². The van der Waals surface area contributed by atoms with E-state index in [1.807, 2.05) is 60.7 Å². The van der Waals surface area contributed by atoms with E-state index in [0.29, 0.717) is 0 Å². The van der Waals surface area contributed by atoms with Gasteiger partial charge in [-0.15, -0.1) is 0 Å². The maximum atomic E-state index is 10.4. The smallest absolute Gasteiger partial charge is 0.244 e. The molecule has 0 unspecified atom stereocenters. The molecule has 0 radical (unpaired) electrons. The van der Waals surface area contributed by atoms with Crippen molar-refractivity contribution < 1.29 is 9.94 Å². The Morgan fingerprint density at radius 2 is 1.58 bits per heavy atom. The fourth-order valence-corrected chi connectivity index (χ4v) is 2.44. The summed E-state index contributed by atoms with van der Waals surface area (Å²) in [6.45, 7) is 1.64. The molecule has 2 atom stereocenters. The van der Waals surface area contributed by atoms with Crippen molar-refractivity contribution in [2.24, 2.45) is 5.16 Å². The molecule has 0 saturated heterocycles. The molecule has 96 valence electrons. The van der Waals surface area contributed by atoms with E-state index in [2.05, 4.69) is 5.16 Å². The van der Waals surface area contributed by atoms with Crippen LogP contribution >= 0.6 is 0 Å². The van der Waals surface area contributed by atoms with Gasteiger partial charge in [0.2, 0.25) is 5.79 Å². The highest BCUT2D eigenvalue weighted by Gasteiger charge is 2.44. The van der Waals surface area contributed by atoms with Crippen molar-refractivity contribution in [1.29, 1.82) is 0 Å². The SMILES string of the molecule is C[C@@]1(O)ON=C(c2ccccc2)[C@@H]1c1ccccc1. The van der Waals surface area contributed by atoms with Crippen LogP contribution in [0.5, 0.6) is 0 Å². The van der Waals surface area contributed by atoms with Gasteiger partial charge in [-0.25, -0.2) is 0 Å². The van der Waals surface area contributed by atoms with Crippen molar-refractivity contribution >= 4 is 5.71 Å². The van der Waals surface area contributed by atoms with E-state index in [-0.39, 0.29) is 5.92 Å². The summed E-state index contributed by atoms with van der Waals surface area (Å²) in [5, 5.41) is 14.5. The summed E-state index contributed by atoms with van der Waals surface area (Å²) in [6.07, 6.45) is 0. The molecular formula is C16H15NO2. The van der Waals surface area contributed by atoms with Gasteiger partial charge in [-0.3, -0.25) is 0 Å². The Bertz CT molecular complexity index is 591. The zero-order valence-electron chi connectivity index (χ0n) is 10.7. The molecule has 0 saturated carbocycles. The normalized spacial score (nSPS) is 25.8. The lowest BCUT2D eigenvalue weighted by Gasteiger charge is -2.24. The molecular weight excluding hydrogens is 238 g/mol. The molecule has 3 rings (SSSR count). The molecule has 19 heavy (non-hydrogen) atoms. The van der Waals surface area contributed by atoms with E-state index >= 15 is 0 Å². The molecule has 2 aromatic carbocycles. The van der Waals surface area contributed by atoms with E-state index in [1.165, 1.54) is 0 Å². The Labute approximate surface area is 112 Å². The monoisotopic (exact) mass is 253 g/mol. The van der Waals surface area contributed by atoms with E-state index in [4.69, 9.17) is 4.84 Å². The first kappa shape index (κ1) is 11.9. The van der Waals surface area contributed by atoms with Gasteiger partial charge in [-0.1, -0.05) is 65.8 Å². The average Bonchev–Trinajstić information content (AvgIpc) is 2.76. The van der Waals surface area contributed by atoms with Crippen LogP contribution in [0.25, 0.3) is 0 Å². The van der Waals surface area contributed by atoms with E-state index in [0.717, 1.165) is 16.8 Å². The largest absolute Gasteiger partial charge is 0.359 e. The third-order valence-electron chi connectivity index (χ3n) is 3.34. The summed E-state index contributed by atoms with van der Waals surface area (Å²) in [5.74, 6) is -1.59. The third kappa shape index (κ3) is 2.13. The third-order valence-corrected chi connectivity index (χ3v) is 3.34. The van der Waals surface area contributed by atoms with Gasteiger partial charge in [0.1, 0.15) is 5.71 Å². The van der Waals surface area contributed by atoms with Gasteiger partial charge >= 0.3 is 0 Å². The second kappa shape index (κ2) is 4.52. The highest BCUT2D eigenvalue weighted by molar-refractivity contribution is 6.06. The number of oxime groups is 1. The average molecular weight is 253 g/mol. The molecule has 3 nitrogen and oxygen atoms in total. The zero-order chi connectivity index (χ0) is 13.3. The van der Waals surface area contributed by atoms with Crippen LogP contribution in [-0.2, 0) is 4.84 Å². The van der Waals surface area contributed by atoms with Crippen molar-refractivity contribution in [2.45, 2.75) is 18.6 Å². The number of nitrogens with zero attached hydrogens (tertiary/aromatic N) is 1. The topological polar surface area (TPSA) is 41.8 Å². The molecule has 3 heteroatoms. The minimum absolute atomic E-state index is 0.281. The van der Waals surface area contributed by atoms with Crippen LogP contribution in [0.4, 0.5) is 0 Å². The van der Waals surface area contributed by atoms with Gasteiger partial charge in [0.25, 0.3) is 0 Å². The molecule has 1 N–H and O–H groups in total. The molecule has 0 aromatic heterocycles. The predicted octanol–water partition coefficient (Wildman–Crippen LogP) is 2.91. The first-order valence-corrected chi connectivity index (χ1v) is 6.27. The fourth-order valence-electron chi connectivity index (χ4n) is 2.44. The van der Waals surface area contributed by atoms with Crippen molar-refractivity contribution in [3.63, 3.8) is 0 Å². The van der Waals surface area contributed by atoms with Crippen LogP contribution in [0, 0.1) is 0 Å². The second-order valence-electron chi connectivity index (χ2n) is 4.83. The highest BCUT2D eigenvalue weighted by Crippen LogP contribution is 2.38. The lowest BCUT2D eigenvalue weighted by Crippen LogP contribution is -2.33. The Morgan fingerprint density at radius 3 is 2.21 bits per heavy atom. The van der Waals surface area contributed by atoms with E-state index in [1.54, 1.807) is 6.92 Å². The van der Waals surface area contributed by atoms with Gasteiger partial charge in [0.05, 0.1) is 5.92 Å². The Balaban J connectivity index is 2.06. The van der Waals surface area contributed by atoms with Crippen molar-refractivity contribution in [2.75, 3.05) is 0 Å². The molecule has 1 aliphatic rings. The molecule has 0 spiro atoms. The molecule has 0 amide bonds. The van der Waals surface area contributed by atoms with E-state index < -0.39 is 5.79 Å². The molecule has 0 aliphatic carbocycles. The predicted molar refractivity (Wildman–Crippen MR) is 73.9 cm³/mol. The maximum absolute atomic E-state index is 10.4. The molecule has 1 aliphatic heterocycles. The standard InChI is InChI=1S/C16H15NO2/c1-16(18)14(12-8-4-2-5-9-12)15(17-19-16)13-10-6-3-7-11-13/h2-11,14,18H,1H3/t14-,16+/m0/s1. The Kier molecular flexibility index (Phi) is 2.84. The first-order chi connectivity index (χ1) is 9.18. The minimum atomic E-state index is -1.31. The number of aliphatic hydroxyl groups is 1. The summed E-state index contributed by atoms with van der Waals surface area (Å²) >= 11 is 0. The van der Waals surface area contributed by atoms with E-state index in [9.17, 15) is 5.11 Å². The zero-order valence-corrected chi connectivity index (χ0v) is 10.7. The molecule has 0 bridgehead atoms. The summed E-state index contributed by atoms with van der Waals surface area (Å²) < 4.78 is 0. The van der Waals surface area contributed by atoms with Crippen molar-refractivity contribution in [3.05, 3.63) is 71.8 Å². The van der Waals surface area contributed by atoms with Crippen molar-refractivity contribution in [1.82, 2.24) is 0 Å². The van der Waals surface area contributed by atoms with Crippen LogP contribution in [0.3, 0.4) is 0 Å². The fraction of sp³-hybridized carbons (Fsp3) is 0.188. The minimum Gasteiger partial charge on any atom is -0.359 e. The number of benzene rings is 2. The van der Waals surface area contributed by atoms with Gasteiger partial charge in [-0.05, 0) is 5.56 Å². The van der Waals surface area contributed by atoms with Gasteiger partial charge in [-0.2, -0.15) is 0 Å². The van der Waals surface area contributed by atoms with Crippen molar-refractivity contribution in [3.8, 4) is 0 Å². The molecule has 1 heterocycles. The molecule has 2 aromatic rings. The number of hydrogen-bond acceptors (Lipinski definition) is 3. The van der Waals surface area contributed by atoms with Crippen LogP contribution < -0.4 is 0 Å². The van der Waals surface area contributed by atoms with Crippen LogP contribution in [0.15, 0.2) is 65.8 Å². The maximum Gasteiger partial charge on any atom is 0.244 e. The highest BCUT2D eigenvalue weighted by atomic mass is 16.7. The quantitative estimate of drug-likeness (QED) is 0.894. The Morgan fingerprint density at radius 1 is 1.00 bits per heavy atom. The molecule has 0 fully saturated rings. The number of rotatable bonds is 2.